The smallest absolute Gasteiger partial charge is 0.335 e. The maximum atomic E-state index is 14.0. The van der Waals surface area contributed by atoms with Crippen molar-refractivity contribution in [3.8, 4) is 0 Å². The summed E-state index contributed by atoms with van der Waals surface area (Å²) in [6, 6.07) is 11.7. The average Bonchev–Trinajstić information content (AvgIpc) is 2.60. The molecule has 0 unspecified atom stereocenters. The van der Waals surface area contributed by atoms with E-state index in [0.29, 0.717) is 5.56 Å². The maximum Gasteiger partial charge on any atom is 0.335 e. The molecule has 2 aromatic carbocycles. The summed E-state index contributed by atoms with van der Waals surface area (Å²) in [5, 5.41) is 9.10. The molecule has 1 amide bonds. The number of carboxylic acids is 1. The van der Waals surface area contributed by atoms with Crippen molar-refractivity contribution in [1.82, 2.24) is 4.90 Å². The van der Waals surface area contributed by atoms with Crippen LogP contribution in [0.1, 0.15) is 33.2 Å². The van der Waals surface area contributed by atoms with Gasteiger partial charge in [0.15, 0.2) is 0 Å². The number of rotatable bonds is 7. The van der Waals surface area contributed by atoms with Crippen LogP contribution in [0.25, 0.3) is 0 Å². The lowest BCUT2D eigenvalue weighted by Crippen LogP contribution is -2.40. The minimum absolute atomic E-state index is 0.0242. The molecule has 0 saturated heterocycles. The molecular formula is C19H20FNO4. The van der Waals surface area contributed by atoms with Crippen LogP contribution in [-0.4, -0.2) is 41.6 Å². The molecular weight excluding hydrogens is 325 g/mol. The van der Waals surface area contributed by atoms with Crippen LogP contribution >= 0.6 is 0 Å². The van der Waals surface area contributed by atoms with E-state index in [2.05, 4.69) is 0 Å². The number of carboxylic acid groups (broad SMARTS) is 1. The standard InChI is InChI=1S/C19H20FNO4/c1-13(12-25-2)21(11-16-6-3-4-9-17(16)20)18(22)14-7-5-8-15(10-14)19(23)24/h3-10,13H,11-12H2,1-2H3,(H,23,24)/t13-/m0/s1. The van der Waals surface area contributed by atoms with Crippen molar-refractivity contribution in [2.24, 2.45) is 0 Å². The Labute approximate surface area is 145 Å². The Hall–Kier alpha value is -2.73. The minimum Gasteiger partial charge on any atom is -0.478 e. The highest BCUT2D eigenvalue weighted by molar-refractivity contribution is 5.97. The molecule has 0 aliphatic carbocycles. The number of methoxy groups -OCH3 is 1. The number of carbonyl (C=O) groups is 2. The lowest BCUT2D eigenvalue weighted by atomic mass is 10.1. The summed E-state index contributed by atoms with van der Waals surface area (Å²) in [6.45, 7) is 2.13. The number of halogens is 1. The topological polar surface area (TPSA) is 66.8 Å². The monoisotopic (exact) mass is 345 g/mol. The zero-order valence-electron chi connectivity index (χ0n) is 14.1. The van der Waals surface area contributed by atoms with Crippen LogP contribution in [-0.2, 0) is 11.3 Å². The van der Waals surface area contributed by atoms with Crippen molar-refractivity contribution >= 4 is 11.9 Å². The number of nitrogens with zero attached hydrogens (tertiary/aromatic N) is 1. The number of aromatic carboxylic acids is 1. The molecule has 0 spiro atoms. The van der Waals surface area contributed by atoms with Gasteiger partial charge < -0.3 is 14.7 Å². The maximum absolute atomic E-state index is 14.0. The largest absolute Gasteiger partial charge is 0.478 e. The van der Waals surface area contributed by atoms with E-state index in [1.807, 2.05) is 0 Å². The number of amides is 1. The molecule has 5 nitrogen and oxygen atoms in total. The van der Waals surface area contributed by atoms with Crippen LogP contribution in [0.4, 0.5) is 4.39 Å². The van der Waals surface area contributed by atoms with Crippen LogP contribution in [0.3, 0.4) is 0 Å². The third-order valence-corrected chi connectivity index (χ3v) is 3.86. The van der Waals surface area contributed by atoms with Crippen molar-refractivity contribution in [3.05, 3.63) is 71.0 Å². The van der Waals surface area contributed by atoms with Gasteiger partial charge in [-0.1, -0.05) is 24.3 Å². The first-order chi connectivity index (χ1) is 11.9. The van der Waals surface area contributed by atoms with Gasteiger partial charge in [-0.25, -0.2) is 9.18 Å². The molecule has 1 N–H and O–H groups in total. The van der Waals surface area contributed by atoms with Crippen LogP contribution < -0.4 is 0 Å². The molecule has 2 aromatic rings. The van der Waals surface area contributed by atoms with Crippen LogP contribution in [0.5, 0.6) is 0 Å². The van der Waals surface area contributed by atoms with E-state index in [-0.39, 0.29) is 36.2 Å². The second-order valence-corrected chi connectivity index (χ2v) is 5.71. The van der Waals surface area contributed by atoms with Gasteiger partial charge in [0, 0.05) is 24.8 Å². The van der Waals surface area contributed by atoms with E-state index < -0.39 is 11.8 Å². The van der Waals surface area contributed by atoms with Gasteiger partial charge in [-0.05, 0) is 31.2 Å². The Morgan fingerprint density at radius 2 is 1.84 bits per heavy atom. The first kappa shape index (κ1) is 18.6. The molecule has 0 aliphatic heterocycles. The van der Waals surface area contributed by atoms with Crippen LogP contribution in [0.15, 0.2) is 48.5 Å². The molecule has 0 fully saturated rings. The molecule has 132 valence electrons. The first-order valence-corrected chi connectivity index (χ1v) is 7.80. The predicted octanol–water partition coefficient (Wildman–Crippen LogP) is 3.20. The lowest BCUT2D eigenvalue weighted by Gasteiger charge is -2.29. The number of benzene rings is 2. The fraction of sp³-hybridized carbons (Fsp3) is 0.263. The molecule has 0 saturated carbocycles. The van der Waals surface area contributed by atoms with Gasteiger partial charge in [0.2, 0.25) is 0 Å². The van der Waals surface area contributed by atoms with Crippen molar-refractivity contribution < 1.29 is 23.8 Å². The molecule has 6 heteroatoms. The van der Waals surface area contributed by atoms with Gasteiger partial charge >= 0.3 is 5.97 Å². The zero-order chi connectivity index (χ0) is 18.4. The van der Waals surface area contributed by atoms with Gasteiger partial charge in [0.05, 0.1) is 18.2 Å². The lowest BCUT2D eigenvalue weighted by molar-refractivity contribution is 0.0539. The van der Waals surface area contributed by atoms with E-state index in [4.69, 9.17) is 9.84 Å². The SMILES string of the molecule is COC[C@H](C)N(Cc1ccccc1F)C(=O)c1cccc(C(=O)O)c1. The van der Waals surface area contributed by atoms with Gasteiger partial charge in [0.1, 0.15) is 5.82 Å². The third-order valence-electron chi connectivity index (χ3n) is 3.86. The average molecular weight is 345 g/mol. The summed E-state index contributed by atoms with van der Waals surface area (Å²) in [7, 11) is 1.52. The molecule has 0 aliphatic rings. The van der Waals surface area contributed by atoms with Gasteiger partial charge in [0.25, 0.3) is 5.91 Å². The fourth-order valence-corrected chi connectivity index (χ4v) is 2.52. The number of ether oxygens (including phenoxy) is 1. The molecule has 0 radical (unpaired) electrons. The van der Waals surface area contributed by atoms with E-state index in [0.717, 1.165) is 0 Å². The van der Waals surface area contributed by atoms with E-state index >= 15 is 0 Å². The summed E-state index contributed by atoms with van der Waals surface area (Å²) in [5.74, 6) is -1.89. The molecule has 1 atom stereocenters. The van der Waals surface area contributed by atoms with Crippen molar-refractivity contribution in [2.45, 2.75) is 19.5 Å². The highest BCUT2D eigenvalue weighted by Gasteiger charge is 2.23. The second-order valence-electron chi connectivity index (χ2n) is 5.71. The van der Waals surface area contributed by atoms with Crippen LogP contribution in [0, 0.1) is 5.82 Å². The van der Waals surface area contributed by atoms with Crippen molar-refractivity contribution in [2.75, 3.05) is 13.7 Å². The Balaban J connectivity index is 2.34. The number of carbonyl (C=O) groups excluding carboxylic acids is 1. The molecule has 0 bridgehead atoms. The zero-order valence-corrected chi connectivity index (χ0v) is 14.1. The summed E-state index contributed by atoms with van der Waals surface area (Å²) in [5.41, 5.74) is 0.642. The highest BCUT2D eigenvalue weighted by atomic mass is 19.1. The predicted molar refractivity (Wildman–Crippen MR) is 91.0 cm³/mol. The van der Waals surface area contributed by atoms with Gasteiger partial charge in [-0.2, -0.15) is 0 Å². The number of hydrogen-bond acceptors (Lipinski definition) is 3. The molecule has 2 rings (SSSR count). The van der Waals surface area contributed by atoms with E-state index in [9.17, 15) is 14.0 Å². The second kappa shape index (κ2) is 8.39. The summed E-state index contributed by atoms with van der Waals surface area (Å²) < 4.78 is 19.1. The summed E-state index contributed by atoms with van der Waals surface area (Å²) in [6.07, 6.45) is 0. The quantitative estimate of drug-likeness (QED) is 0.837. The molecule has 0 aromatic heterocycles. The minimum atomic E-state index is -1.11. The van der Waals surface area contributed by atoms with Gasteiger partial charge in [-0.3, -0.25) is 4.79 Å². The third kappa shape index (κ3) is 4.64. The van der Waals surface area contributed by atoms with Gasteiger partial charge in [-0.15, -0.1) is 0 Å². The molecule has 25 heavy (non-hydrogen) atoms. The van der Waals surface area contributed by atoms with Crippen molar-refractivity contribution in [3.63, 3.8) is 0 Å². The Bertz CT molecular complexity index is 763. The Morgan fingerprint density at radius 3 is 2.48 bits per heavy atom. The Kier molecular flexibility index (Phi) is 6.25. The van der Waals surface area contributed by atoms with E-state index in [1.165, 1.54) is 36.3 Å². The Morgan fingerprint density at radius 1 is 1.16 bits per heavy atom. The summed E-state index contributed by atoms with van der Waals surface area (Å²) >= 11 is 0. The van der Waals surface area contributed by atoms with Crippen LogP contribution in [0.2, 0.25) is 0 Å². The normalized spacial score (nSPS) is 11.8. The van der Waals surface area contributed by atoms with E-state index in [1.54, 1.807) is 31.2 Å². The fourth-order valence-electron chi connectivity index (χ4n) is 2.52. The first-order valence-electron chi connectivity index (χ1n) is 7.80. The van der Waals surface area contributed by atoms with Crippen molar-refractivity contribution in [1.29, 1.82) is 0 Å². The number of hydrogen-bond donors (Lipinski definition) is 1. The summed E-state index contributed by atoms with van der Waals surface area (Å²) in [4.78, 5) is 25.5. The molecule has 0 heterocycles. The highest BCUT2D eigenvalue weighted by Crippen LogP contribution is 2.17.